The van der Waals surface area contributed by atoms with Crippen LogP contribution in [0.25, 0.3) is 10.8 Å². The number of nitrogens with zero attached hydrogens (tertiary/aromatic N) is 1. The fourth-order valence-electron chi connectivity index (χ4n) is 3.25. The van der Waals surface area contributed by atoms with Crippen molar-refractivity contribution in [3.05, 3.63) is 72.3 Å². The molecule has 1 aliphatic heterocycles. The molecule has 0 unspecified atom stereocenters. The van der Waals surface area contributed by atoms with E-state index in [4.69, 9.17) is 0 Å². The molecule has 1 N–H and O–H groups in total. The van der Waals surface area contributed by atoms with Crippen molar-refractivity contribution in [2.75, 3.05) is 10.2 Å². The molecule has 25 heavy (non-hydrogen) atoms. The van der Waals surface area contributed by atoms with Crippen LogP contribution in [0.2, 0.25) is 0 Å². The van der Waals surface area contributed by atoms with E-state index in [0.717, 1.165) is 22.0 Å². The Hall–Kier alpha value is -3.14. The minimum Gasteiger partial charge on any atom is -0.373 e. The predicted octanol–water partition coefficient (Wildman–Crippen LogP) is 3.89. The highest BCUT2D eigenvalue weighted by Crippen LogP contribution is 2.28. The van der Waals surface area contributed by atoms with Gasteiger partial charge in [-0.3, -0.25) is 9.59 Å². The van der Waals surface area contributed by atoms with Gasteiger partial charge >= 0.3 is 0 Å². The van der Waals surface area contributed by atoms with Crippen LogP contribution >= 0.6 is 0 Å². The molecule has 0 bridgehead atoms. The lowest BCUT2D eigenvalue weighted by atomic mass is 10.1. The van der Waals surface area contributed by atoms with Gasteiger partial charge in [-0.1, -0.05) is 54.1 Å². The predicted molar refractivity (Wildman–Crippen MR) is 99.6 cm³/mol. The molecular weight excluding hydrogens is 312 g/mol. The first-order chi connectivity index (χ1) is 12.1. The number of benzene rings is 3. The maximum absolute atomic E-state index is 12.8. The van der Waals surface area contributed by atoms with Crippen molar-refractivity contribution in [3.63, 3.8) is 0 Å². The van der Waals surface area contributed by atoms with Crippen LogP contribution in [0.3, 0.4) is 0 Å². The number of carbonyl (C=O) groups is 2. The number of rotatable bonds is 3. The largest absolute Gasteiger partial charge is 0.373 e. The van der Waals surface area contributed by atoms with Crippen LogP contribution in [0.5, 0.6) is 0 Å². The molecule has 2 amide bonds. The molecule has 3 aromatic rings. The molecule has 1 atom stereocenters. The molecule has 1 aliphatic rings. The van der Waals surface area contributed by atoms with Gasteiger partial charge in [-0.15, -0.1) is 0 Å². The molecule has 4 nitrogen and oxygen atoms in total. The van der Waals surface area contributed by atoms with Gasteiger partial charge in [-0.2, -0.15) is 0 Å². The fraction of sp³-hybridized carbons (Fsp3) is 0.143. The Balaban J connectivity index is 1.63. The summed E-state index contributed by atoms with van der Waals surface area (Å²) in [5, 5.41) is 5.40. The van der Waals surface area contributed by atoms with Crippen LogP contribution in [0.15, 0.2) is 66.7 Å². The summed E-state index contributed by atoms with van der Waals surface area (Å²) < 4.78 is 0. The zero-order valence-electron chi connectivity index (χ0n) is 13.9. The van der Waals surface area contributed by atoms with E-state index in [2.05, 4.69) is 5.32 Å². The van der Waals surface area contributed by atoms with Crippen molar-refractivity contribution < 1.29 is 9.59 Å². The third-order valence-corrected chi connectivity index (χ3v) is 4.56. The Morgan fingerprint density at radius 1 is 0.920 bits per heavy atom. The fourth-order valence-corrected chi connectivity index (χ4v) is 3.25. The average molecular weight is 330 g/mol. The number of hydrogen-bond donors (Lipinski definition) is 1. The number of nitrogens with one attached hydrogen (secondary N) is 1. The Morgan fingerprint density at radius 3 is 2.44 bits per heavy atom. The zero-order valence-corrected chi connectivity index (χ0v) is 13.9. The lowest BCUT2D eigenvalue weighted by Crippen LogP contribution is -2.34. The molecule has 0 aromatic heterocycles. The topological polar surface area (TPSA) is 49.4 Å². The van der Waals surface area contributed by atoms with Gasteiger partial charge in [0.2, 0.25) is 5.91 Å². The van der Waals surface area contributed by atoms with Gasteiger partial charge in [-0.25, -0.2) is 4.90 Å². The van der Waals surface area contributed by atoms with E-state index in [1.165, 1.54) is 4.90 Å². The van der Waals surface area contributed by atoms with Gasteiger partial charge in [0.05, 0.1) is 12.1 Å². The second-order valence-corrected chi connectivity index (χ2v) is 6.33. The summed E-state index contributed by atoms with van der Waals surface area (Å²) in [6, 6.07) is 20.8. The van der Waals surface area contributed by atoms with Crippen LogP contribution in [0.4, 0.5) is 11.4 Å². The Bertz CT molecular complexity index is 958. The van der Waals surface area contributed by atoms with Crippen molar-refractivity contribution in [2.24, 2.45) is 0 Å². The highest BCUT2D eigenvalue weighted by Gasteiger charge is 2.39. The van der Waals surface area contributed by atoms with Gasteiger partial charge in [0.15, 0.2) is 0 Å². The standard InChI is InChI=1S/C21H18N2O2/c1-14-9-11-16(12-10-14)23-20(24)13-19(21(23)25)22-18-8-4-6-15-5-2-3-7-17(15)18/h2-12,19,22H,13H2,1H3/t19-/m1/s1. The maximum atomic E-state index is 12.8. The van der Waals surface area contributed by atoms with Gasteiger partial charge in [0.1, 0.15) is 6.04 Å². The van der Waals surface area contributed by atoms with E-state index in [9.17, 15) is 9.59 Å². The lowest BCUT2D eigenvalue weighted by molar-refractivity contribution is -0.121. The lowest BCUT2D eigenvalue weighted by Gasteiger charge is -2.17. The molecule has 1 heterocycles. The minimum atomic E-state index is -0.542. The maximum Gasteiger partial charge on any atom is 0.256 e. The summed E-state index contributed by atoms with van der Waals surface area (Å²) in [6.07, 6.45) is 0.163. The Morgan fingerprint density at radius 2 is 1.64 bits per heavy atom. The van der Waals surface area contributed by atoms with Crippen molar-refractivity contribution in [3.8, 4) is 0 Å². The minimum absolute atomic E-state index is 0.163. The van der Waals surface area contributed by atoms with Crippen LogP contribution in [0, 0.1) is 6.92 Å². The Kier molecular flexibility index (Phi) is 3.73. The second kappa shape index (κ2) is 6.06. The van der Waals surface area contributed by atoms with E-state index < -0.39 is 6.04 Å². The van der Waals surface area contributed by atoms with E-state index in [1.807, 2.05) is 73.7 Å². The number of anilines is 2. The molecule has 0 spiro atoms. The summed E-state index contributed by atoms with van der Waals surface area (Å²) in [7, 11) is 0. The van der Waals surface area contributed by atoms with E-state index >= 15 is 0 Å². The zero-order chi connectivity index (χ0) is 17.4. The van der Waals surface area contributed by atoms with Crippen LogP contribution in [-0.4, -0.2) is 17.9 Å². The normalized spacial score (nSPS) is 17.3. The first kappa shape index (κ1) is 15.4. The van der Waals surface area contributed by atoms with Crippen molar-refractivity contribution in [1.82, 2.24) is 0 Å². The first-order valence-electron chi connectivity index (χ1n) is 8.31. The molecule has 1 saturated heterocycles. The van der Waals surface area contributed by atoms with Gasteiger partial charge < -0.3 is 5.32 Å². The second-order valence-electron chi connectivity index (χ2n) is 6.33. The van der Waals surface area contributed by atoms with Crippen LogP contribution < -0.4 is 10.2 Å². The van der Waals surface area contributed by atoms with E-state index in [1.54, 1.807) is 0 Å². The SMILES string of the molecule is Cc1ccc(N2C(=O)C[C@@H](Nc3cccc4ccccc34)C2=O)cc1. The summed E-state index contributed by atoms with van der Waals surface area (Å²) in [5.74, 6) is -0.381. The van der Waals surface area contributed by atoms with E-state index in [0.29, 0.717) is 5.69 Å². The van der Waals surface area contributed by atoms with Crippen LogP contribution in [-0.2, 0) is 9.59 Å². The number of imide groups is 1. The molecule has 1 fully saturated rings. The van der Waals surface area contributed by atoms with Gasteiger partial charge in [0.25, 0.3) is 5.91 Å². The van der Waals surface area contributed by atoms with Gasteiger partial charge in [-0.05, 0) is 30.5 Å². The number of carbonyl (C=O) groups excluding carboxylic acids is 2. The number of hydrogen-bond acceptors (Lipinski definition) is 3. The summed E-state index contributed by atoms with van der Waals surface area (Å²) in [5.41, 5.74) is 2.59. The number of aryl methyl sites for hydroxylation is 1. The van der Waals surface area contributed by atoms with E-state index in [-0.39, 0.29) is 18.2 Å². The average Bonchev–Trinajstić information content (AvgIpc) is 2.90. The third kappa shape index (κ3) is 2.76. The summed E-state index contributed by atoms with van der Waals surface area (Å²) in [4.78, 5) is 26.5. The molecule has 124 valence electrons. The first-order valence-corrected chi connectivity index (χ1v) is 8.31. The highest BCUT2D eigenvalue weighted by atomic mass is 16.2. The Labute approximate surface area is 146 Å². The molecule has 3 aromatic carbocycles. The number of amides is 2. The van der Waals surface area contributed by atoms with Crippen molar-refractivity contribution >= 4 is 34.0 Å². The van der Waals surface area contributed by atoms with Gasteiger partial charge in [0, 0.05) is 11.1 Å². The molecule has 4 heteroatoms. The quantitative estimate of drug-likeness (QED) is 0.741. The van der Waals surface area contributed by atoms with Crippen molar-refractivity contribution in [2.45, 2.75) is 19.4 Å². The molecule has 0 aliphatic carbocycles. The smallest absolute Gasteiger partial charge is 0.256 e. The van der Waals surface area contributed by atoms with Crippen LogP contribution in [0.1, 0.15) is 12.0 Å². The van der Waals surface area contributed by atoms with Crippen molar-refractivity contribution in [1.29, 1.82) is 0 Å². The molecule has 0 saturated carbocycles. The highest BCUT2D eigenvalue weighted by molar-refractivity contribution is 6.23. The monoisotopic (exact) mass is 330 g/mol. The molecule has 4 rings (SSSR count). The summed E-state index contributed by atoms with van der Waals surface area (Å²) in [6.45, 7) is 1.97. The number of fused-ring (bicyclic) bond motifs is 1. The third-order valence-electron chi connectivity index (χ3n) is 4.56. The summed E-state index contributed by atoms with van der Waals surface area (Å²) >= 11 is 0. The molecule has 0 radical (unpaired) electrons. The molecular formula is C21H18N2O2.